The Hall–Kier alpha value is -3.67. The second kappa shape index (κ2) is 9.22. The van der Waals surface area contributed by atoms with Gasteiger partial charge < -0.3 is 10.2 Å². The van der Waals surface area contributed by atoms with Crippen LogP contribution in [0.3, 0.4) is 0 Å². The SMILES string of the molecule is Cc1ccc(-c2cc(C(=O)NCc3ccc(C)[n+](O)c3)cc(C(=O)N3CCCC3)c2)cc1. The number of carbonyl (C=O) groups is 2. The van der Waals surface area contributed by atoms with Crippen LogP contribution in [0.2, 0.25) is 0 Å². The third-order valence-corrected chi connectivity index (χ3v) is 5.86. The molecule has 0 unspecified atom stereocenters. The standard InChI is InChI=1S/C26H27N3O3/c1-18-5-9-21(10-6-18)22-13-23(15-24(14-22)26(31)28-11-3-4-12-28)25(30)27-16-20-8-7-19(2)29(32)17-20/h5-10,13-15,17H,3-4,11-12,16H2,1-2H3,(H-,27,30,32)/p+1. The zero-order chi connectivity index (χ0) is 22.7. The molecular weight excluding hydrogens is 402 g/mol. The molecule has 6 heteroatoms. The van der Waals surface area contributed by atoms with Crippen LogP contribution in [0, 0.1) is 13.8 Å². The van der Waals surface area contributed by atoms with Crippen molar-refractivity contribution in [2.24, 2.45) is 0 Å². The summed E-state index contributed by atoms with van der Waals surface area (Å²) in [4.78, 5) is 27.9. The zero-order valence-corrected chi connectivity index (χ0v) is 18.5. The average molecular weight is 431 g/mol. The first kappa shape index (κ1) is 21.6. The molecule has 3 aromatic rings. The van der Waals surface area contributed by atoms with E-state index in [9.17, 15) is 14.8 Å². The Kier molecular flexibility index (Phi) is 6.21. The number of benzene rings is 2. The second-order valence-electron chi connectivity index (χ2n) is 8.37. The van der Waals surface area contributed by atoms with Crippen LogP contribution >= 0.6 is 0 Å². The Labute approximate surface area is 188 Å². The maximum atomic E-state index is 13.1. The molecule has 0 atom stereocenters. The summed E-state index contributed by atoms with van der Waals surface area (Å²) in [5.74, 6) is -0.301. The maximum Gasteiger partial charge on any atom is 0.253 e. The molecule has 1 aliphatic rings. The van der Waals surface area contributed by atoms with Crippen LogP contribution in [-0.4, -0.2) is 35.0 Å². The van der Waals surface area contributed by atoms with E-state index in [0.717, 1.165) is 52.9 Å². The number of pyridine rings is 1. The van der Waals surface area contributed by atoms with E-state index in [4.69, 9.17) is 0 Å². The Morgan fingerprint density at radius 3 is 2.31 bits per heavy atom. The van der Waals surface area contributed by atoms with E-state index < -0.39 is 0 Å². The first-order valence-electron chi connectivity index (χ1n) is 10.9. The molecule has 1 aromatic heterocycles. The van der Waals surface area contributed by atoms with Gasteiger partial charge in [0, 0.05) is 54.0 Å². The van der Waals surface area contributed by atoms with E-state index in [-0.39, 0.29) is 18.4 Å². The quantitative estimate of drug-likeness (QED) is 0.479. The van der Waals surface area contributed by atoms with E-state index in [2.05, 4.69) is 5.32 Å². The van der Waals surface area contributed by atoms with Crippen molar-refractivity contribution in [3.05, 3.63) is 88.7 Å². The van der Waals surface area contributed by atoms with Crippen molar-refractivity contribution < 1.29 is 19.5 Å². The summed E-state index contributed by atoms with van der Waals surface area (Å²) >= 11 is 0. The monoisotopic (exact) mass is 430 g/mol. The van der Waals surface area contributed by atoms with Crippen LogP contribution in [-0.2, 0) is 6.54 Å². The highest BCUT2D eigenvalue weighted by molar-refractivity contribution is 6.01. The number of amides is 2. The van der Waals surface area contributed by atoms with Crippen molar-refractivity contribution in [3.63, 3.8) is 0 Å². The molecule has 2 amide bonds. The summed E-state index contributed by atoms with van der Waals surface area (Å²) in [5.41, 5.74) is 5.39. The van der Waals surface area contributed by atoms with Crippen LogP contribution in [0.15, 0.2) is 60.8 Å². The molecule has 0 bridgehead atoms. The summed E-state index contributed by atoms with van der Waals surface area (Å²) in [6.45, 7) is 5.59. The Morgan fingerprint density at radius 2 is 1.62 bits per heavy atom. The second-order valence-corrected chi connectivity index (χ2v) is 8.37. The first-order valence-corrected chi connectivity index (χ1v) is 10.9. The first-order chi connectivity index (χ1) is 15.4. The minimum Gasteiger partial charge on any atom is -0.348 e. The molecule has 1 fully saturated rings. The summed E-state index contributed by atoms with van der Waals surface area (Å²) < 4.78 is 1.03. The van der Waals surface area contributed by atoms with Gasteiger partial charge in [-0.1, -0.05) is 29.8 Å². The summed E-state index contributed by atoms with van der Waals surface area (Å²) in [7, 11) is 0. The Balaban J connectivity index is 1.63. The normalized spacial score (nSPS) is 13.2. The maximum absolute atomic E-state index is 13.1. The van der Waals surface area contributed by atoms with Crippen LogP contribution in [0.5, 0.6) is 0 Å². The van der Waals surface area contributed by atoms with E-state index in [0.29, 0.717) is 16.8 Å². The van der Waals surface area contributed by atoms with Gasteiger partial charge in [-0.2, -0.15) is 0 Å². The number of aromatic nitrogens is 1. The zero-order valence-electron chi connectivity index (χ0n) is 18.5. The van der Waals surface area contributed by atoms with Crippen LogP contribution in [0.4, 0.5) is 0 Å². The molecule has 2 N–H and O–H groups in total. The van der Waals surface area contributed by atoms with Gasteiger partial charge in [-0.15, -0.1) is 0 Å². The number of hydrogen-bond donors (Lipinski definition) is 2. The number of rotatable bonds is 5. The molecule has 1 aliphatic heterocycles. The predicted octanol–water partition coefficient (Wildman–Crippen LogP) is 3.66. The number of carbonyl (C=O) groups excluding carboxylic acids is 2. The lowest BCUT2D eigenvalue weighted by atomic mass is 9.98. The average Bonchev–Trinajstić information content (AvgIpc) is 3.34. The molecule has 1 saturated heterocycles. The third-order valence-electron chi connectivity index (χ3n) is 5.86. The van der Waals surface area contributed by atoms with Crippen LogP contribution in [0.1, 0.15) is 50.4 Å². The van der Waals surface area contributed by atoms with E-state index in [1.165, 1.54) is 0 Å². The van der Waals surface area contributed by atoms with E-state index in [1.54, 1.807) is 25.3 Å². The van der Waals surface area contributed by atoms with Gasteiger partial charge in [-0.3, -0.25) is 14.8 Å². The summed E-state index contributed by atoms with van der Waals surface area (Å²) in [6.07, 6.45) is 3.59. The molecule has 0 radical (unpaired) electrons. The highest BCUT2D eigenvalue weighted by Gasteiger charge is 2.22. The smallest absolute Gasteiger partial charge is 0.253 e. The molecular formula is C26H28N3O3+. The minimum atomic E-state index is -0.264. The van der Waals surface area contributed by atoms with Gasteiger partial charge in [0.05, 0.1) is 0 Å². The number of hydrogen-bond acceptors (Lipinski definition) is 3. The molecule has 4 rings (SSSR count). The molecule has 0 saturated carbocycles. The Bertz CT molecular complexity index is 1150. The number of nitrogens with one attached hydrogen (secondary N) is 1. The van der Waals surface area contributed by atoms with Crippen LogP contribution < -0.4 is 10.0 Å². The number of likely N-dealkylation sites (tertiary alicyclic amines) is 1. The van der Waals surface area contributed by atoms with Gasteiger partial charge in [0.1, 0.15) is 0 Å². The lowest BCUT2D eigenvalue weighted by Gasteiger charge is -2.17. The van der Waals surface area contributed by atoms with Crippen molar-refractivity contribution in [2.75, 3.05) is 13.1 Å². The van der Waals surface area contributed by atoms with Gasteiger partial charge in [-0.05, 0) is 55.2 Å². The van der Waals surface area contributed by atoms with Crippen molar-refractivity contribution in [3.8, 4) is 11.1 Å². The van der Waals surface area contributed by atoms with Gasteiger partial charge >= 0.3 is 0 Å². The van der Waals surface area contributed by atoms with Gasteiger partial charge in [0.2, 0.25) is 11.9 Å². The molecule has 2 heterocycles. The molecule has 0 aliphatic carbocycles. The minimum absolute atomic E-state index is 0.0367. The molecule has 32 heavy (non-hydrogen) atoms. The lowest BCUT2D eigenvalue weighted by molar-refractivity contribution is -0.909. The summed E-state index contributed by atoms with van der Waals surface area (Å²) in [6, 6.07) is 17.1. The highest BCUT2D eigenvalue weighted by Crippen LogP contribution is 2.25. The van der Waals surface area contributed by atoms with Gasteiger partial charge in [0.25, 0.3) is 11.8 Å². The van der Waals surface area contributed by atoms with Gasteiger partial charge in [-0.25, -0.2) is 0 Å². The van der Waals surface area contributed by atoms with Gasteiger partial charge in [0.15, 0.2) is 0 Å². The highest BCUT2D eigenvalue weighted by atomic mass is 16.5. The number of nitrogens with zero attached hydrogens (tertiary/aromatic N) is 2. The molecule has 164 valence electrons. The third kappa shape index (κ3) is 4.80. The van der Waals surface area contributed by atoms with Crippen LogP contribution in [0.25, 0.3) is 11.1 Å². The van der Waals surface area contributed by atoms with Crippen molar-refractivity contribution in [1.82, 2.24) is 10.2 Å². The van der Waals surface area contributed by atoms with Crippen molar-refractivity contribution in [2.45, 2.75) is 33.2 Å². The fourth-order valence-corrected chi connectivity index (χ4v) is 3.89. The summed E-state index contributed by atoms with van der Waals surface area (Å²) in [5, 5.41) is 12.7. The molecule has 0 spiro atoms. The molecule has 2 aromatic carbocycles. The predicted molar refractivity (Wildman–Crippen MR) is 121 cm³/mol. The topological polar surface area (TPSA) is 73.5 Å². The number of aryl methyl sites for hydroxylation is 2. The van der Waals surface area contributed by atoms with Crippen molar-refractivity contribution >= 4 is 11.8 Å². The van der Waals surface area contributed by atoms with E-state index in [1.807, 2.05) is 54.3 Å². The van der Waals surface area contributed by atoms with E-state index >= 15 is 0 Å². The lowest BCUT2D eigenvalue weighted by Crippen LogP contribution is -2.34. The fraction of sp³-hybridized carbons (Fsp3) is 0.269. The Morgan fingerprint density at radius 1 is 0.938 bits per heavy atom. The van der Waals surface area contributed by atoms with Crippen molar-refractivity contribution in [1.29, 1.82) is 0 Å². The fourth-order valence-electron chi connectivity index (χ4n) is 3.89. The largest absolute Gasteiger partial charge is 0.348 e. The molecule has 6 nitrogen and oxygen atoms in total.